The van der Waals surface area contributed by atoms with Crippen LogP contribution < -0.4 is 15.6 Å². The van der Waals surface area contributed by atoms with Crippen LogP contribution in [0.15, 0.2) is 45.5 Å². The van der Waals surface area contributed by atoms with E-state index >= 15 is 0 Å². The van der Waals surface area contributed by atoms with Gasteiger partial charge < -0.3 is 19.8 Å². The molecule has 1 aliphatic heterocycles. The standard InChI is InChI=1S/C19H21N3O4S/c1-5-27-19-21-16-15(17(23)22-19)14(11-7-6-8-12(9-11)25-3)13(10(2)20-16)18(24)26-4/h6-9,14H,5H2,1-4H3,(H2,20,21,22,23). The zero-order chi connectivity index (χ0) is 19.6. The lowest BCUT2D eigenvalue weighted by Crippen LogP contribution is -2.31. The number of H-pyrrole nitrogens is 1. The molecule has 2 aromatic rings. The molecular weight excluding hydrogens is 366 g/mol. The van der Waals surface area contributed by atoms with E-state index in [2.05, 4.69) is 15.3 Å². The minimum atomic E-state index is -0.610. The number of nitrogens with zero attached hydrogens (tertiary/aromatic N) is 1. The molecule has 0 amide bonds. The van der Waals surface area contributed by atoms with Crippen molar-refractivity contribution in [3.63, 3.8) is 0 Å². The highest BCUT2D eigenvalue weighted by molar-refractivity contribution is 7.99. The van der Waals surface area contributed by atoms with Gasteiger partial charge in [0.05, 0.1) is 31.3 Å². The highest BCUT2D eigenvalue weighted by Gasteiger charge is 2.36. The number of benzene rings is 1. The Bertz CT molecular complexity index is 968. The molecule has 1 unspecified atom stereocenters. The summed E-state index contributed by atoms with van der Waals surface area (Å²) in [7, 11) is 2.89. The van der Waals surface area contributed by atoms with E-state index in [1.54, 1.807) is 14.0 Å². The largest absolute Gasteiger partial charge is 0.497 e. The van der Waals surface area contributed by atoms with Crippen LogP contribution in [0.5, 0.6) is 5.75 Å². The topological polar surface area (TPSA) is 93.3 Å². The molecule has 0 saturated carbocycles. The number of thioether (sulfide) groups is 1. The highest BCUT2D eigenvalue weighted by Crippen LogP contribution is 2.40. The number of hydrogen-bond donors (Lipinski definition) is 2. The summed E-state index contributed by atoms with van der Waals surface area (Å²) in [6, 6.07) is 7.29. The third kappa shape index (κ3) is 3.57. The molecule has 8 heteroatoms. The van der Waals surface area contributed by atoms with Gasteiger partial charge in [-0.25, -0.2) is 9.78 Å². The number of fused-ring (bicyclic) bond motifs is 1. The van der Waals surface area contributed by atoms with Crippen LogP contribution in [-0.4, -0.2) is 35.9 Å². The monoisotopic (exact) mass is 387 g/mol. The van der Waals surface area contributed by atoms with Crippen molar-refractivity contribution < 1.29 is 14.3 Å². The molecule has 1 atom stereocenters. The van der Waals surface area contributed by atoms with Crippen LogP contribution in [0.1, 0.15) is 30.9 Å². The van der Waals surface area contributed by atoms with E-state index in [0.29, 0.717) is 33.6 Å². The van der Waals surface area contributed by atoms with Crippen molar-refractivity contribution in [1.82, 2.24) is 9.97 Å². The fourth-order valence-electron chi connectivity index (χ4n) is 3.17. The zero-order valence-electron chi connectivity index (χ0n) is 15.6. The summed E-state index contributed by atoms with van der Waals surface area (Å²) in [5, 5.41) is 3.63. The number of ether oxygens (including phenoxy) is 2. The molecule has 142 valence electrons. The molecule has 2 heterocycles. The lowest BCUT2D eigenvalue weighted by molar-refractivity contribution is -0.136. The van der Waals surface area contributed by atoms with Gasteiger partial charge in [-0.1, -0.05) is 30.8 Å². The maximum Gasteiger partial charge on any atom is 0.336 e. The Balaban J connectivity index is 2.26. The average molecular weight is 387 g/mol. The number of allylic oxidation sites excluding steroid dienone is 1. The SMILES string of the molecule is CCSc1nc2c(c(=O)[nH]1)C(c1cccc(OC)c1)C(C(=O)OC)=C(C)N2. The summed E-state index contributed by atoms with van der Waals surface area (Å²) >= 11 is 1.44. The summed E-state index contributed by atoms with van der Waals surface area (Å²) < 4.78 is 10.3. The molecule has 0 aliphatic carbocycles. The van der Waals surface area contributed by atoms with Gasteiger partial charge in [0.25, 0.3) is 5.56 Å². The van der Waals surface area contributed by atoms with Crippen LogP contribution in [0.3, 0.4) is 0 Å². The van der Waals surface area contributed by atoms with Gasteiger partial charge >= 0.3 is 5.97 Å². The number of esters is 1. The van der Waals surface area contributed by atoms with Crippen LogP contribution in [0.25, 0.3) is 0 Å². The van der Waals surface area contributed by atoms with Crippen molar-refractivity contribution in [2.45, 2.75) is 24.9 Å². The van der Waals surface area contributed by atoms with Gasteiger partial charge in [-0.05, 0) is 30.4 Å². The molecule has 2 N–H and O–H groups in total. The Morgan fingerprint density at radius 3 is 2.78 bits per heavy atom. The van der Waals surface area contributed by atoms with Crippen LogP contribution >= 0.6 is 11.8 Å². The normalized spacial score (nSPS) is 15.8. The molecule has 1 aromatic heterocycles. The Morgan fingerprint density at radius 1 is 1.33 bits per heavy atom. The Labute approximate surface area is 161 Å². The van der Waals surface area contributed by atoms with E-state index in [4.69, 9.17) is 9.47 Å². The van der Waals surface area contributed by atoms with Gasteiger partial charge in [0.2, 0.25) is 0 Å². The van der Waals surface area contributed by atoms with Crippen molar-refractivity contribution >= 4 is 23.5 Å². The molecule has 0 spiro atoms. The van der Waals surface area contributed by atoms with Gasteiger partial charge in [-0.15, -0.1) is 0 Å². The summed E-state index contributed by atoms with van der Waals surface area (Å²) in [6.07, 6.45) is 0. The molecule has 27 heavy (non-hydrogen) atoms. The lowest BCUT2D eigenvalue weighted by atomic mass is 9.82. The summed E-state index contributed by atoms with van der Waals surface area (Å²) in [6.45, 7) is 3.76. The van der Waals surface area contributed by atoms with Gasteiger partial charge in [0, 0.05) is 5.70 Å². The second kappa shape index (κ2) is 7.87. The minimum absolute atomic E-state index is 0.287. The smallest absolute Gasteiger partial charge is 0.336 e. The first kappa shape index (κ1) is 19.0. The van der Waals surface area contributed by atoms with Gasteiger partial charge in [0.1, 0.15) is 11.6 Å². The lowest BCUT2D eigenvalue weighted by Gasteiger charge is -2.28. The fourth-order valence-corrected chi connectivity index (χ4v) is 3.77. The second-order valence-electron chi connectivity index (χ2n) is 5.93. The molecule has 7 nitrogen and oxygen atoms in total. The summed E-state index contributed by atoms with van der Waals surface area (Å²) in [5.41, 5.74) is 1.83. The molecule has 3 rings (SSSR count). The quantitative estimate of drug-likeness (QED) is 0.463. The summed E-state index contributed by atoms with van der Waals surface area (Å²) in [5.74, 6) is 0.763. The van der Waals surface area contributed by atoms with Gasteiger partial charge in [-0.3, -0.25) is 4.79 Å². The van der Waals surface area contributed by atoms with Gasteiger partial charge in [0.15, 0.2) is 5.16 Å². The number of anilines is 1. The Kier molecular flexibility index (Phi) is 5.55. The van der Waals surface area contributed by atoms with Gasteiger partial charge in [-0.2, -0.15) is 0 Å². The zero-order valence-corrected chi connectivity index (χ0v) is 16.4. The van der Waals surface area contributed by atoms with Crippen LogP contribution in [-0.2, 0) is 9.53 Å². The number of aromatic nitrogens is 2. The average Bonchev–Trinajstić information content (AvgIpc) is 2.66. The van der Waals surface area contributed by atoms with E-state index in [0.717, 1.165) is 11.3 Å². The van der Waals surface area contributed by atoms with E-state index in [9.17, 15) is 9.59 Å². The second-order valence-corrected chi connectivity index (χ2v) is 7.18. The number of hydrogen-bond acceptors (Lipinski definition) is 7. The van der Waals surface area contributed by atoms with E-state index in [1.165, 1.54) is 18.9 Å². The minimum Gasteiger partial charge on any atom is -0.497 e. The molecule has 1 aromatic carbocycles. The number of carbonyl (C=O) groups is 1. The third-order valence-corrected chi connectivity index (χ3v) is 5.09. The predicted octanol–water partition coefficient (Wildman–Crippen LogP) is 2.89. The number of aromatic amines is 1. The van der Waals surface area contributed by atoms with Crippen LogP contribution in [0, 0.1) is 0 Å². The van der Waals surface area contributed by atoms with Crippen LogP contribution in [0.4, 0.5) is 5.82 Å². The maximum atomic E-state index is 12.9. The first-order valence-electron chi connectivity index (χ1n) is 8.47. The van der Waals surface area contributed by atoms with E-state index in [-0.39, 0.29) is 5.56 Å². The first-order valence-corrected chi connectivity index (χ1v) is 9.45. The van der Waals surface area contributed by atoms with E-state index in [1.807, 2.05) is 31.2 Å². The third-order valence-electron chi connectivity index (χ3n) is 4.33. The molecule has 0 fully saturated rings. The molecule has 0 bridgehead atoms. The molecule has 1 aliphatic rings. The number of carbonyl (C=O) groups excluding carboxylic acids is 1. The van der Waals surface area contributed by atoms with E-state index < -0.39 is 11.9 Å². The van der Waals surface area contributed by atoms with Crippen molar-refractivity contribution in [1.29, 1.82) is 0 Å². The molecule has 0 radical (unpaired) electrons. The number of rotatable bonds is 5. The molecule has 0 saturated heterocycles. The van der Waals surface area contributed by atoms with Crippen LogP contribution in [0.2, 0.25) is 0 Å². The summed E-state index contributed by atoms with van der Waals surface area (Å²) in [4.78, 5) is 32.8. The molecular formula is C19H21N3O4S. The maximum absolute atomic E-state index is 12.9. The Morgan fingerprint density at radius 2 is 2.11 bits per heavy atom. The number of methoxy groups -OCH3 is 2. The predicted molar refractivity (Wildman–Crippen MR) is 104 cm³/mol. The van der Waals surface area contributed by atoms with Crippen molar-refractivity contribution in [3.8, 4) is 5.75 Å². The first-order chi connectivity index (χ1) is 13.0. The van der Waals surface area contributed by atoms with Crippen molar-refractivity contribution in [3.05, 3.63) is 57.0 Å². The number of nitrogens with one attached hydrogen (secondary N) is 2. The van der Waals surface area contributed by atoms with Crippen molar-refractivity contribution in [2.75, 3.05) is 25.3 Å². The Hall–Kier alpha value is -2.74. The highest BCUT2D eigenvalue weighted by atomic mass is 32.2. The van der Waals surface area contributed by atoms with Crippen molar-refractivity contribution in [2.24, 2.45) is 0 Å². The fraction of sp³-hybridized carbons (Fsp3) is 0.316.